The summed E-state index contributed by atoms with van der Waals surface area (Å²) in [7, 11) is 0. The van der Waals surface area contributed by atoms with Gasteiger partial charge in [-0.25, -0.2) is 37.0 Å². The zero-order chi connectivity index (χ0) is 23.3. The maximum atomic E-state index is 14.0. The molecule has 1 aromatic carbocycles. The molecule has 9 nitrogen and oxygen atoms in total. The van der Waals surface area contributed by atoms with Crippen molar-refractivity contribution in [2.24, 2.45) is 0 Å². The molecule has 1 atom stereocenters. The van der Waals surface area contributed by atoms with Gasteiger partial charge in [0, 0.05) is 12.3 Å². The van der Waals surface area contributed by atoms with Gasteiger partial charge in [-0.05, 0) is 25.1 Å². The lowest BCUT2D eigenvalue weighted by atomic mass is 10.2. The lowest BCUT2D eigenvalue weighted by molar-refractivity contribution is 0.153. The second-order valence-corrected chi connectivity index (χ2v) is 7.18. The van der Waals surface area contributed by atoms with Crippen LogP contribution in [0.15, 0.2) is 47.9 Å². The van der Waals surface area contributed by atoms with Crippen molar-refractivity contribution in [3.63, 3.8) is 0 Å². The van der Waals surface area contributed by atoms with Gasteiger partial charge in [-0.1, -0.05) is 0 Å². The number of aromatic nitrogens is 7. The van der Waals surface area contributed by atoms with E-state index in [1.807, 2.05) is 0 Å². The highest BCUT2D eigenvalue weighted by Crippen LogP contribution is 2.26. The van der Waals surface area contributed by atoms with Crippen LogP contribution in [0, 0.1) is 11.6 Å². The molecule has 0 fully saturated rings. The first-order chi connectivity index (χ1) is 15.8. The number of nitrogens with one attached hydrogen (secondary N) is 2. The lowest BCUT2D eigenvalue weighted by Gasteiger charge is -2.20. The Hall–Kier alpha value is -4.29. The Morgan fingerprint density at radius 3 is 2.58 bits per heavy atom. The quantitative estimate of drug-likeness (QED) is 0.391. The van der Waals surface area contributed by atoms with Gasteiger partial charge in [0.2, 0.25) is 0 Å². The van der Waals surface area contributed by atoms with Gasteiger partial charge in [-0.15, -0.1) is 0 Å². The number of alkyl halides is 2. The lowest BCUT2D eigenvalue weighted by Crippen LogP contribution is -2.30. The maximum Gasteiger partial charge on any atom is 0.283 e. The maximum absolute atomic E-state index is 14.0. The van der Waals surface area contributed by atoms with Gasteiger partial charge in [0.1, 0.15) is 29.0 Å². The summed E-state index contributed by atoms with van der Waals surface area (Å²) >= 11 is 0. The molecule has 0 unspecified atom stereocenters. The monoisotopic (exact) mass is 458 g/mol. The molecule has 5 aromatic rings. The average Bonchev–Trinajstić information content (AvgIpc) is 3.40. The van der Waals surface area contributed by atoms with Crippen molar-refractivity contribution in [2.45, 2.75) is 19.4 Å². The number of anilines is 1. The zero-order valence-electron chi connectivity index (χ0n) is 16.8. The van der Waals surface area contributed by atoms with Crippen LogP contribution in [0.3, 0.4) is 0 Å². The molecular weight excluding hydrogens is 444 g/mol. The fourth-order valence-corrected chi connectivity index (χ4v) is 3.62. The summed E-state index contributed by atoms with van der Waals surface area (Å²) in [5.41, 5.74) is -1.18. The molecule has 4 heterocycles. The van der Waals surface area contributed by atoms with E-state index in [-0.39, 0.29) is 11.5 Å². The van der Waals surface area contributed by atoms with Gasteiger partial charge in [0.15, 0.2) is 17.3 Å². The van der Waals surface area contributed by atoms with Gasteiger partial charge in [-0.3, -0.25) is 9.36 Å². The first kappa shape index (κ1) is 20.6. The van der Waals surface area contributed by atoms with Crippen LogP contribution in [-0.2, 0) is 0 Å². The van der Waals surface area contributed by atoms with Crippen LogP contribution in [0.25, 0.3) is 22.4 Å². The van der Waals surface area contributed by atoms with E-state index in [9.17, 15) is 22.4 Å². The minimum Gasteiger partial charge on any atom is -0.358 e. The van der Waals surface area contributed by atoms with E-state index in [1.165, 1.54) is 18.9 Å². The van der Waals surface area contributed by atoms with Crippen molar-refractivity contribution < 1.29 is 17.6 Å². The minimum atomic E-state index is -2.95. The summed E-state index contributed by atoms with van der Waals surface area (Å²) in [6.45, 7) is 1.63. The number of hydrogen-bond donors (Lipinski definition) is 2. The van der Waals surface area contributed by atoms with Crippen LogP contribution >= 0.6 is 0 Å². The highest BCUT2D eigenvalue weighted by molar-refractivity contribution is 5.82. The number of hydrogen-bond acceptors (Lipinski definition) is 6. The van der Waals surface area contributed by atoms with Crippen molar-refractivity contribution in [3.8, 4) is 5.69 Å². The number of benzene rings is 1. The number of H-pyrrole nitrogens is 1. The van der Waals surface area contributed by atoms with E-state index in [4.69, 9.17) is 0 Å². The molecule has 0 aliphatic rings. The number of nitrogens with zero attached hydrogens (tertiary/aromatic N) is 6. The highest BCUT2D eigenvalue weighted by atomic mass is 19.3. The summed E-state index contributed by atoms with van der Waals surface area (Å²) in [5, 5.41) is 7.36. The molecule has 13 heteroatoms. The van der Waals surface area contributed by atoms with Crippen molar-refractivity contribution in [3.05, 3.63) is 76.5 Å². The van der Waals surface area contributed by atoms with Crippen LogP contribution in [0.1, 0.15) is 30.8 Å². The Bertz CT molecular complexity index is 1540. The molecule has 168 valence electrons. The number of imidazole rings is 1. The smallest absolute Gasteiger partial charge is 0.283 e. The molecule has 0 amide bonds. The predicted molar refractivity (Wildman–Crippen MR) is 109 cm³/mol. The number of rotatable bonds is 5. The first-order valence-corrected chi connectivity index (χ1v) is 9.63. The number of fused-ring (bicyclic) bond motifs is 2. The number of aromatic amines is 1. The van der Waals surface area contributed by atoms with Crippen LogP contribution in [0.5, 0.6) is 0 Å². The van der Waals surface area contributed by atoms with Crippen molar-refractivity contribution in [1.29, 1.82) is 0 Å². The molecule has 5 rings (SSSR count). The molecular formula is C20H14F4N8O. The van der Waals surface area contributed by atoms with Crippen molar-refractivity contribution >= 4 is 22.5 Å². The molecule has 0 saturated carbocycles. The Balaban J connectivity index is 1.73. The molecule has 0 saturated heterocycles. The van der Waals surface area contributed by atoms with Crippen molar-refractivity contribution in [1.82, 2.24) is 34.1 Å². The fraction of sp³-hybridized carbons (Fsp3) is 0.150. The van der Waals surface area contributed by atoms with E-state index in [0.29, 0.717) is 23.0 Å². The molecule has 0 spiro atoms. The van der Waals surface area contributed by atoms with Crippen LogP contribution in [0.4, 0.5) is 23.4 Å². The standard InChI is InChI=1S/C20H14F4N8O/c1-9(29-18-14-17(26-7-25-14)27-8-28-18)19-30-31-3-2-13(16(23)24)15(31)20(33)32(19)12-5-10(21)4-11(22)6-12/h2-9,16H,1H3,(H2,25,26,27,28,29)/t9-/m0/s1. The third-order valence-electron chi connectivity index (χ3n) is 5.05. The second kappa shape index (κ2) is 7.69. The molecule has 0 aliphatic carbocycles. The molecule has 0 bridgehead atoms. The Morgan fingerprint density at radius 1 is 1.09 bits per heavy atom. The van der Waals surface area contributed by atoms with E-state index in [0.717, 1.165) is 27.3 Å². The Labute approximate surface area is 181 Å². The van der Waals surface area contributed by atoms with Crippen molar-refractivity contribution in [2.75, 3.05) is 5.32 Å². The molecule has 2 N–H and O–H groups in total. The summed E-state index contributed by atoms with van der Waals surface area (Å²) in [6, 6.07) is 2.78. The van der Waals surface area contributed by atoms with E-state index >= 15 is 0 Å². The Kier molecular flexibility index (Phi) is 4.80. The largest absolute Gasteiger partial charge is 0.358 e. The normalized spacial score (nSPS) is 12.7. The highest BCUT2D eigenvalue weighted by Gasteiger charge is 2.24. The van der Waals surface area contributed by atoms with Gasteiger partial charge >= 0.3 is 0 Å². The number of halogens is 4. The van der Waals surface area contributed by atoms with Crippen LogP contribution < -0.4 is 10.9 Å². The SMILES string of the molecule is C[C@H](Nc1ncnc2nc[nH]c12)c1nn2ccc(C(F)F)c2c(=O)n1-c1cc(F)cc(F)c1. The molecule has 33 heavy (non-hydrogen) atoms. The Morgan fingerprint density at radius 2 is 1.85 bits per heavy atom. The molecule has 4 aromatic heterocycles. The van der Waals surface area contributed by atoms with Gasteiger partial charge in [-0.2, -0.15) is 5.10 Å². The first-order valence-electron chi connectivity index (χ1n) is 9.63. The predicted octanol–water partition coefficient (Wildman–Crippen LogP) is 3.54. The summed E-state index contributed by atoms with van der Waals surface area (Å²) in [6.07, 6.45) is 0.989. The minimum absolute atomic E-state index is 0.000180. The second-order valence-electron chi connectivity index (χ2n) is 7.18. The van der Waals surface area contributed by atoms with Gasteiger partial charge in [0.25, 0.3) is 12.0 Å². The van der Waals surface area contributed by atoms with E-state index in [2.05, 4.69) is 30.4 Å². The van der Waals surface area contributed by atoms with Crippen LogP contribution in [0.2, 0.25) is 0 Å². The average molecular weight is 458 g/mol. The third kappa shape index (κ3) is 3.46. The topological polar surface area (TPSA) is 106 Å². The third-order valence-corrected chi connectivity index (χ3v) is 5.05. The summed E-state index contributed by atoms with van der Waals surface area (Å²) in [5.74, 6) is -1.55. The summed E-state index contributed by atoms with van der Waals surface area (Å²) in [4.78, 5) is 28.4. The summed E-state index contributed by atoms with van der Waals surface area (Å²) < 4.78 is 56.9. The van der Waals surface area contributed by atoms with E-state index in [1.54, 1.807) is 6.92 Å². The fourth-order valence-electron chi connectivity index (χ4n) is 3.62. The van der Waals surface area contributed by atoms with Gasteiger partial charge in [0.05, 0.1) is 23.6 Å². The zero-order valence-corrected chi connectivity index (χ0v) is 16.8. The van der Waals surface area contributed by atoms with Gasteiger partial charge < -0.3 is 10.3 Å². The molecule has 0 aliphatic heterocycles. The molecule has 0 radical (unpaired) electrons. The van der Waals surface area contributed by atoms with Crippen LogP contribution in [-0.4, -0.2) is 34.1 Å². The van der Waals surface area contributed by atoms with E-state index < -0.39 is 40.7 Å².